The van der Waals surface area contributed by atoms with Crippen LogP contribution in [0.25, 0.3) is 11.1 Å². The van der Waals surface area contributed by atoms with Crippen LogP contribution in [0, 0.1) is 5.92 Å². The van der Waals surface area contributed by atoms with Gasteiger partial charge in [-0.25, -0.2) is 0 Å². The standard InChI is InChI=1S/C20H19NO4/c1-13(20(24)25)18-11-17(22)12-21(18)19(23)16-9-7-15(8-10-16)14-5-3-2-4-6-14/h2-10,13,18H,11-12H2,1H3,(H,24,25)/t13?,18-/m1/s1. The molecule has 2 aromatic carbocycles. The molecule has 1 fully saturated rings. The molecule has 25 heavy (non-hydrogen) atoms. The molecule has 1 N–H and O–H groups in total. The van der Waals surface area contributed by atoms with Crippen LogP contribution in [0.15, 0.2) is 54.6 Å². The molecular formula is C20H19NO4. The second-order valence-corrected chi connectivity index (χ2v) is 6.31. The Morgan fingerprint density at radius 1 is 1.04 bits per heavy atom. The van der Waals surface area contributed by atoms with E-state index in [-0.39, 0.29) is 24.7 Å². The fraction of sp³-hybridized carbons (Fsp3) is 0.250. The van der Waals surface area contributed by atoms with E-state index >= 15 is 0 Å². The van der Waals surface area contributed by atoms with E-state index in [1.54, 1.807) is 12.1 Å². The third-order valence-corrected chi connectivity index (χ3v) is 4.65. The lowest BCUT2D eigenvalue weighted by Crippen LogP contribution is -2.41. The number of carboxylic acids is 1. The molecule has 1 unspecified atom stereocenters. The van der Waals surface area contributed by atoms with Gasteiger partial charge in [0, 0.05) is 12.0 Å². The van der Waals surface area contributed by atoms with E-state index in [4.69, 9.17) is 0 Å². The van der Waals surface area contributed by atoms with Crippen LogP contribution in [0.3, 0.4) is 0 Å². The van der Waals surface area contributed by atoms with Crippen LogP contribution in [0.5, 0.6) is 0 Å². The molecule has 0 spiro atoms. The van der Waals surface area contributed by atoms with Crippen LogP contribution in [0.4, 0.5) is 0 Å². The highest BCUT2D eigenvalue weighted by Gasteiger charge is 2.40. The topological polar surface area (TPSA) is 74.7 Å². The van der Waals surface area contributed by atoms with Crippen molar-refractivity contribution in [2.24, 2.45) is 5.92 Å². The van der Waals surface area contributed by atoms with Crippen molar-refractivity contribution in [3.05, 3.63) is 60.2 Å². The van der Waals surface area contributed by atoms with Crippen molar-refractivity contribution in [3.63, 3.8) is 0 Å². The van der Waals surface area contributed by atoms with Crippen LogP contribution < -0.4 is 0 Å². The first kappa shape index (κ1) is 16.9. The summed E-state index contributed by atoms with van der Waals surface area (Å²) < 4.78 is 0. The number of nitrogens with zero attached hydrogens (tertiary/aromatic N) is 1. The van der Waals surface area contributed by atoms with E-state index in [1.807, 2.05) is 42.5 Å². The van der Waals surface area contributed by atoms with Crippen molar-refractivity contribution in [2.75, 3.05) is 6.54 Å². The summed E-state index contributed by atoms with van der Waals surface area (Å²) >= 11 is 0. The number of Topliss-reactive ketones (excluding diaryl/α,β-unsaturated/α-hetero) is 1. The molecule has 1 heterocycles. The largest absolute Gasteiger partial charge is 0.481 e. The Morgan fingerprint density at radius 3 is 2.24 bits per heavy atom. The summed E-state index contributed by atoms with van der Waals surface area (Å²) in [4.78, 5) is 37.2. The monoisotopic (exact) mass is 337 g/mol. The highest BCUT2D eigenvalue weighted by molar-refractivity contribution is 6.00. The average molecular weight is 337 g/mol. The van der Waals surface area contributed by atoms with Gasteiger partial charge in [-0.3, -0.25) is 14.4 Å². The minimum atomic E-state index is -1.00. The van der Waals surface area contributed by atoms with Gasteiger partial charge in [0.05, 0.1) is 18.5 Å². The first-order valence-electron chi connectivity index (χ1n) is 8.18. The molecule has 1 amide bonds. The van der Waals surface area contributed by atoms with Gasteiger partial charge in [-0.05, 0) is 30.2 Å². The number of carboxylic acid groups (broad SMARTS) is 1. The van der Waals surface area contributed by atoms with Gasteiger partial charge in [-0.2, -0.15) is 0 Å². The van der Waals surface area contributed by atoms with Crippen molar-refractivity contribution in [1.82, 2.24) is 4.90 Å². The van der Waals surface area contributed by atoms with Crippen LogP contribution >= 0.6 is 0 Å². The van der Waals surface area contributed by atoms with Gasteiger partial charge in [-0.1, -0.05) is 42.5 Å². The van der Waals surface area contributed by atoms with E-state index in [2.05, 4.69) is 0 Å². The third-order valence-electron chi connectivity index (χ3n) is 4.65. The predicted octanol–water partition coefficient (Wildman–Crippen LogP) is 2.86. The summed E-state index contributed by atoms with van der Waals surface area (Å²) in [5, 5.41) is 9.21. The number of ketones is 1. The molecule has 0 radical (unpaired) electrons. The number of likely N-dealkylation sites (tertiary alicyclic amines) is 1. The van der Waals surface area contributed by atoms with Crippen molar-refractivity contribution in [3.8, 4) is 11.1 Å². The third kappa shape index (κ3) is 3.45. The lowest BCUT2D eigenvalue weighted by molar-refractivity contribution is -0.142. The number of hydrogen-bond donors (Lipinski definition) is 1. The Labute approximate surface area is 145 Å². The van der Waals surface area contributed by atoms with Crippen molar-refractivity contribution < 1.29 is 19.5 Å². The molecule has 1 aliphatic rings. The number of aliphatic carboxylic acids is 1. The SMILES string of the molecule is CC(C(=O)O)[C@H]1CC(=O)CN1C(=O)c1ccc(-c2ccccc2)cc1. The summed E-state index contributed by atoms with van der Waals surface area (Å²) in [7, 11) is 0. The average Bonchev–Trinajstić information content (AvgIpc) is 3.03. The van der Waals surface area contributed by atoms with E-state index < -0.39 is 17.9 Å². The van der Waals surface area contributed by atoms with E-state index in [0.717, 1.165) is 11.1 Å². The molecule has 0 bridgehead atoms. The summed E-state index contributed by atoms with van der Waals surface area (Å²) in [6.45, 7) is 1.51. The van der Waals surface area contributed by atoms with Crippen LogP contribution in [-0.4, -0.2) is 40.3 Å². The zero-order valence-corrected chi connectivity index (χ0v) is 13.9. The molecule has 3 rings (SSSR count). The molecule has 1 aliphatic heterocycles. The first-order chi connectivity index (χ1) is 12.0. The normalized spacial score (nSPS) is 18.2. The fourth-order valence-corrected chi connectivity index (χ4v) is 3.15. The highest BCUT2D eigenvalue weighted by atomic mass is 16.4. The van der Waals surface area contributed by atoms with Crippen LogP contribution in [0.2, 0.25) is 0 Å². The van der Waals surface area contributed by atoms with Crippen LogP contribution in [0.1, 0.15) is 23.7 Å². The minimum Gasteiger partial charge on any atom is -0.481 e. The number of benzene rings is 2. The molecule has 128 valence electrons. The highest BCUT2D eigenvalue weighted by Crippen LogP contribution is 2.25. The molecule has 0 aromatic heterocycles. The molecular weight excluding hydrogens is 318 g/mol. The van der Waals surface area contributed by atoms with Gasteiger partial charge in [0.1, 0.15) is 0 Å². The molecule has 5 nitrogen and oxygen atoms in total. The molecule has 2 atom stereocenters. The van der Waals surface area contributed by atoms with E-state index in [0.29, 0.717) is 5.56 Å². The van der Waals surface area contributed by atoms with E-state index in [9.17, 15) is 19.5 Å². The van der Waals surface area contributed by atoms with Gasteiger partial charge < -0.3 is 10.0 Å². The second-order valence-electron chi connectivity index (χ2n) is 6.31. The van der Waals surface area contributed by atoms with Gasteiger partial charge in [0.2, 0.25) is 0 Å². The maximum Gasteiger partial charge on any atom is 0.308 e. The Kier molecular flexibility index (Phi) is 4.65. The van der Waals surface area contributed by atoms with Crippen molar-refractivity contribution >= 4 is 17.7 Å². The first-order valence-corrected chi connectivity index (χ1v) is 8.18. The Morgan fingerprint density at radius 2 is 1.64 bits per heavy atom. The Balaban J connectivity index is 1.82. The van der Waals surface area contributed by atoms with E-state index in [1.165, 1.54) is 11.8 Å². The number of carbonyl (C=O) groups is 3. The lowest BCUT2D eigenvalue weighted by Gasteiger charge is -2.26. The van der Waals surface area contributed by atoms with Gasteiger partial charge >= 0.3 is 5.97 Å². The lowest BCUT2D eigenvalue weighted by atomic mass is 9.98. The fourth-order valence-electron chi connectivity index (χ4n) is 3.15. The smallest absolute Gasteiger partial charge is 0.308 e. The number of amides is 1. The van der Waals surface area contributed by atoms with Gasteiger partial charge in [-0.15, -0.1) is 0 Å². The number of carbonyl (C=O) groups excluding carboxylic acids is 2. The molecule has 5 heteroatoms. The van der Waals surface area contributed by atoms with Gasteiger partial charge in [0.15, 0.2) is 5.78 Å². The van der Waals surface area contributed by atoms with Gasteiger partial charge in [0.25, 0.3) is 5.91 Å². The zero-order valence-electron chi connectivity index (χ0n) is 13.9. The maximum absolute atomic E-state index is 12.8. The number of hydrogen-bond acceptors (Lipinski definition) is 3. The summed E-state index contributed by atoms with van der Waals surface area (Å²) in [6, 6.07) is 16.4. The van der Waals surface area contributed by atoms with Crippen LogP contribution in [-0.2, 0) is 9.59 Å². The Bertz CT molecular complexity index is 798. The zero-order chi connectivity index (χ0) is 18.0. The van der Waals surface area contributed by atoms with Crippen molar-refractivity contribution in [1.29, 1.82) is 0 Å². The maximum atomic E-state index is 12.8. The summed E-state index contributed by atoms with van der Waals surface area (Å²) in [5.74, 6) is -2.19. The molecule has 1 saturated heterocycles. The Hall–Kier alpha value is -2.95. The molecule has 2 aromatic rings. The minimum absolute atomic E-state index is 0.0262. The molecule has 0 saturated carbocycles. The summed E-state index contributed by atoms with van der Waals surface area (Å²) in [5.41, 5.74) is 2.50. The predicted molar refractivity (Wildman–Crippen MR) is 93.1 cm³/mol. The quantitative estimate of drug-likeness (QED) is 0.931. The second kappa shape index (κ2) is 6.89. The number of rotatable bonds is 4. The summed E-state index contributed by atoms with van der Waals surface area (Å²) in [6.07, 6.45) is 0.0985. The molecule has 0 aliphatic carbocycles. The van der Waals surface area contributed by atoms with Crippen molar-refractivity contribution in [2.45, 2.75) is 19.4 Å².